The van der Waals surface area contributed by atoms with E-state index in [1.54, 1.807) is 44.7 Å². The van der Waals surface area contributed by atoms with Crippen LogP contribution in [-0.2, 0) is 6.54 Å². The van der Waals surface area contributed by atoms with Crippen molar-refractivity contribution >= 4 is 28.9 Å². The van der Waals surface area contributed by atoms with Gasteiger partial charge in [-0.05, 0) is 42.0 Å². The van der Waals surface area contributed by atoms with Gasteiger partial charge in [-0.1, -0.05) is 29.8 Å². The molecular formula is C21H20ClN3O3. The van der Waals surface area contributed by atoms with Gasteiger partial charge in [-0.3, -0.25) is 4.79 Å². The van der Waals surface area contributed by atoms with Gasteiger partial charge in [0.1, 0.15) is 5.69 Å². The van der Waals surface area contributed by atoms with E-state index in [-0.39, 0.29) is 5.91 Å². The molecule has 0 radical (unpaired) electrons. The highest BCUT2D eigenvalue weighted by Gasteiger charge is 2.09. The van der Waals surface area contributed by atoms with Crippen molar-refractivity contribution in [2.24, 2.45) is 0 Å². The number of ether oxygens (including phenoxy) is 2. The molecule has 1 aromatic heterocycles. The van der Waals surface area contributed by atoms with Gasteiger partial charge in [-0.2, -0.15) is 0 Å². The highest BCUT2D eigenvalue weighted by atomic mass is 35.5. The predicted molar refractivity (Wildman–Crippen MR) is 110 cm³/mol. The summed E-state index contributed by atoms with van der Waals surface area (Å²) >= 11 is 6.13. The molecule has 2 aromatic carbocycles. The highest BCUT2D eigenvalue weighted by Crippen LogP contribution is 2.27. The van der Waals surface area contributed by atoms with Gasteiger partial charge < -0.3 is 20.1 Å². The van der Waals surface area contributed by atoms with Crippen LogP contribution in [0, 0.1) is 0 Å². The summed E-state index contributed by atoms with van der Waals surface area (Å²) in [7, 11) is 3.15. The maximum Gasteiger partial charge on any atom is 0.270 e. The Bertz CT molecular complexity index is 961. The van der Waals surface area contributed by atoms with Gasteiger partial charge in [0.2, 0.25) is 0 Å². The summed E-state index contributed by atoms with van der Waals surface area (Å²) in [5.41, 5.74) is 2.73. The Labute approximate surface area is 168 Å². The fourth-order valence-corrected chi connectivity index (χ4v) is 2.77. The van der Waals surface area contributed by atoms with Crippen LogP contribution in [0.2, 0.25) is 5.02 Å². The Morgan fingerprint density at radius 1 is 1.04 bits per heavy atom. The average molecular weight is 398 g/mol. The molecule has 1 heterocycles. The SMILES string of the molecule is COc1ccc(CNC(=O)c2ccc(Nc3ccccc3Cl)cn2)cc1OC. The van der Waals surface area contributed by atoms with E-state index >= 15 is 0 Å². The van der Waals surface area contributed by atoms with Crippen LogP contribution < -0.4 is 20.1 Å². The monoisotopic (exact) mass is 397 g/mol. The van der Waals surface area contributed by atoms with E-state index in [0.29, 0.717) is 28.8 Å². The molecule has 3 rings (SSSR count). The smallest absolute Gasteiger partial charge is 0.270 e. The van der Waals surface area contributed by atoms with E-state index in [1.807, 2.05) is 30.3 Å². The molecule has 28 heavy (non-hydrogen) atoms. The summed E-state index contributed by atoms with van der Waals surface area (Å²) < 4.78 is 10.5. The van der Waals surface area contributed by atoms with Gasteiger partial charge in [0.25, 0.3) is 5.91 Å². The number of rotatable bonds is 7. The number of amides is 1. The highest BCUT2D eigenvalue weighted by molar-refractivity contribution is 6.33. The van der Waals surface area contributed by atoms with E-state index in [1.165, 1.54) is 0 Å². The molecule has 144 valence electrons. The normalized spacial score (nSPS) is 10.2. The molecule has 0 fully saturated rings. The number of methoxy groups -OCH3 is 2. The second-order valence-corrected chi connectivity index (χ2v) is 6.32. The molecule has 0 saturated carbocycles. The van der Waals surface area contributed by atoms with Crippen molar-refractivity contribution in [3.63, 3.8) is 0 Å². The maximum atomic E-state index is 12.3. The first-order valence-corrected chi connectivity index (χ1v) is 8.95. The number of benzene rings is 2. The van der Waals surface area contributed by atoms with Crippen molar-refractivity contribution in [1.29, 1.82) is 0 Å². The molecule has 7 heteroatoms. The largest absolute Gasteiger partial charge is 0.493 e. The standard InChI is InChI=1S/C21H20ClN3O3/c1-27-19-10-7-14(11-20(19)28-2)12-24-21(26)18-9-8-15(13-23-18)25-17-6-4-3-5-16(17)22/h3-11,13,25H,12H2,1-2H3,(H,24,26). The molecule has 3 aromatic rings. The van der Waals surface area contributed by atoms with Crippen molar-refractivity contribution in [3.8, 4) is 11.5 Å². The quantitative estimate of drug-likeness (QED) is 0.617. The first-order valence-electron chi connectivity index (χ1n) is 8.57. The number of nitrogens with one attached hydrogen (secondary N) is 2. The van der Waals surface area contributed by atoms with Gasteiger partial charge in [-0.25, -0.2) is 4.98 Å². The van der Waals surface area contributed by atoms with Gasteiger partial charge in [0, 0.05) is 6.54 Å². The molecule has 0 aliphatic carbocycles. The van der Waals surface area contributed by atoms with E-state index in [9.17, 15) is 4.79 Å². The average Bonchev–Trinajstić information content (AvgIpc) is 2.74. The number of para-hydroxylation sites is 1. The molecule has 0 saturated heterocycles. The first-order chi connectivity index (χ1) is 13.6. The topological polar surface area (TPSA) is 72.5 Å². The minimum Gasteiger partial charge on any atom is -0.493 e. The van der Waals surface area contributed by atoms with Crippen LogP contribution >= 0.6 is 11.6 Å². The number of halogens is 1. The third-order valence-electron chi connectivity index (χ3n) is 4.05. The van der Waals surface area contributed by atoms with Crippen molar-refractivity contribution in [2.45, 2.75) is 6.54 Å². The number of nitrogens with zero attached hydrogens (tertiary/aromatic N) is 1. The summed E-state index contributed by atoms with van der Waals surface area (Å²) in [6, 6.07) is 16.3. The lowest BCUT2D eigenvalue weighted by Crippen LogP contribution is -2.23. The lowest BCUT2D eigenvalue weighted by atomic mass is 10.2. The first kappa shape index (κ1) is 19.5. The third-order valence-corrected chi connectivity index (χ3v) is 4.38. The van der Waals surface area contributed by atoms with Gasteiger partial charge >= 0.3 is 0 Å². The fourth-order valence-electron chi connectivity index (χ4n) is 2.58. The lowest BCUT2D eigenvalue weighted by molar-refractivity contribution is 0.0946. The summed E-state index contributed by atoms with van der Waals surface area (Å²) in [6.07, 6.45) is 1.59. The van der Waals surface area contributed by atoms with Crippen LogP contribution in [0.4, 0.5) is 11.4 Å². The van der Waals surface area contributed by atoms with Crippen molar-refractivity contribution in [1.82, 2.24) is 10.3 Å². The molecule has 0 atom stereocenters. The Hall–Kier alpha value is -3.25. The van der Waals surface area contributed by atoms with Gasteiger partial charge in [0.05, 0.1) is 36.8 Å². The number of carbonyl (C=O) groups excluding carboxylic acids is 1. The Morgan fingerprint density at radius 2 is 1.82 bits per heavy atom. The summed E-state index contributed by atoms with van der Waals surface area (Å²) in [5.74, 6) is 0.988. The van der Waals surface area contributed by atoms with Crippen LogP contribution in [0.15, 0.2) is 60.8 Å². The molecule has 0 unspecified atom stereocenters. The second-order valence-electron chi connectivity index (χ2n) is 5.91. The maximum absolute atomic E-state index is 12.3. The number of hydrogen-bond acceptors (Lipinski definition) is 5. The zero-order chi connectivity index (χ0) is 19.9. The summed E-state index contributed by atoms with van der Waals surface area (Å²) in [6.45, 7) is 0.348. The number of anilines is 2. The second kappa shape index (κ2) is 9.10. The minimum absolute atomic E-state index is 0.265. The van der Waals surface area contributed by atoms with Crippen LogP contribution in [0.3, 0.4) is 0 Å². The molecule has 2 N–H and O–H groups in total. The third kappa shape index (κ3) is 4.72. The Kier molecular flexibility index (Phi) is 6.34. The molecule has 6 nitrogen and oxygen atoms in total. The van der Waals surface area contributed by atoms with Crippen LogP contribution in [0.1, 0.15) is 16.1 Å². The van der Waals surface area contributed by atoms with Crippen molar-refractivity contribution < 1.29 is 14.3 Å². The summed E-state index contributed by atoms with van der Waals surface area (Å²) in [4.78, 5) is 16.6. The molecular weight excluding hydrogens is 378 g/mol. The number of carbonyl (C=O) groups is 1. The Morgan fingerprint density at radius 3 is 2.50 bits per heavy atom. The van der Waals surface area contributed by atoms with E-state index in [0.717, 1.165) is 16.9 Å². The molecule has 1 amide bonds. The zero-order valence-corrected chi connectivity index (χ0v) is 16.3. The van der Waals surface area contributed by atoms with Crippen LogP contribution in [0.5, 0.6) is 11.5 Å². The van der Waals surface area contributed by atoms with E-state index < -0.39 is 0 Å². The molecule has 0 aliphatic heterocycles. The Balaban J connectivity index is 1.61. The zero-order valence-electron chi connectivity index (χ0n) is 15.5. The lowest BCUT2D eigenvalue weighted by Gasteiger charge is -2.11. The van der Waals surface area contributed by atoms with Crippen LogP contribution in [0.25, 0.3) is 0 Å². The fraction of sp³-hybridized carbons (Fsp3) is 0.143. The number of aromatic nitrogens is 1. The summed E-state index contributed by atoms with van der Waals surface area (Å²) in [5, 5.41) is 6.62. The van der Waals surface area contributed by atoms with Crippen molar-refractivity contribution in [3.05, 3.63) is 77.1 Å². The minimum atomic E-state index is -0.265. The molecule has 0 aliphatic rings. The number of pyridine rings is 1. The number of hydrogen-bond donors (Lipinski definition) is 2. The van der Waals surface area contributed by atoms with E-state index in [2.05, 4.69) is 15.6 Å². The van der Waals surface area contributed by atoms with Crippen molar-refractivity contribution in [2.75, 3.05) is 19.5 Å². The van der Waals surface area contributed by atoms with Gasteiger partial charge in [0.15, 0.2) is 11.5 Å². The van der Waals surface area contributed by atoms with Crippen LogP contribution in [-0.4, -0.2) is 25.1 Å². The van der Waals surface area contributed by atoms with Gasteiger partial charge in [-0.15, -0.1) is 0 Å². The molecule has 0 bridgehead atoms. The molecule has 0 spiro atoms. The van der Waals surface area contributed by atoms with E-state index in [4.69, 9.17) is 21.1 Å². The predicted octanol–water partition coefficient (Wildman–Crippen LogP) is 4.43.